The summed E-state index contributed by atoms with van der Waals surface area (Å²) in [5.41, 5.74) is 11.1. The topological polar surface area (TPSA) is 96.7 Å². The molecule has 2 aromatic carbocycles. The highest BCUT2D eigenvalue weighted by Crippen LogP contribution is 2.36. The van der Waals surface area contributed by atoms with E-state index >= 15 is 0 Å². The molecule has 32 heavy (non-hydrogen) atoms. The highest BCUT2D eigenvalue weighted by molar-refractivity contribution is 5.89. The summed E-state index contributed by atoms with van der Waals surface area (Å²) < 4.78 is 16.2. The molecule has 1 saturated heterocycles. The van der Waals surface area contributed by atoms with Crippen molar-refractivity contribution >= 4 is 16.9 Å². The van der Waals surface area contributed by atoms with Crippen LogP contribution in [-0.4, -0.2) is 39.1 Å². The van der Waals surface area contributed by atoms with Gasteiger partial charge in [0.05, 0.1) is 11.1 Å². The third-order valence-corrected chi connectivity index (χ3v) is 6.08. The van der Waals surface area contributed by atoms with Crippen LogP contribution < -0.4 is 10.6 Å². The van der Waals surface area contributed by atoms with Crippen LogP contribution in [0.1, 0.15) is 18.4 Å². The van der Waals surface area contributed by atoms with Crippen molar-refractivity contribution in [1.29, 1.82) is 5.26 Å². The first-order chi connectivity index (χ1) is 15.5. The Bertz CT molecular complexity index is 1350. The Kier molecular flexibility index (Phi) is 5.04. The Hall–Kier alpha value is -3.83. The van der Waals surface area contributed by atoms with E-state index in [-0.39, 0.29) is 11.6 Å². The number of nitrogens with zero attached hydrogens (tertiary/aromatic N) is 6. The quantitative estimate of drug-likeness (QED) is 0.536. The van der Waals surface area contributed by atoms with E-state index in [1.807, 2.05) is 43.6 Å². The second kappa shape index (κ2) is 8.02. The van der Waals surface area contributed by atoms with Crippen molar-refractivity contribution < 1.29 is 4.39 Å². The van der Waals surface area contributed by atoms with Crippen LogP contribution in [0.25, 0.3) is 33.3 Å². The summed E-state index contributed by atoms with van der Waals surface area (Å²) in [6, 6.07) is 14.7. The van der Waals surface area contributed by atoms with Crippen molar-refractivity contribution in [2.45, 2.75) is 18.9 Å². The first kappa shape index (κ1) is 20.1. The summed E-state index contributed by atoms with van der Waals surface area (Å²) in [6.45, 7) is 1.67. The maximum absolute atomic E-state index is 14.5. The van der Waals surface area contributed by atoms with E-state index < -0.39 is 5.82 Å². The second-order valence-electron chi connectivity index (χ2n) is 8.14. The first-order valence-electron chi connectivity index (χ1n) is 10.5. The highest BCUT2D eigenvalue weighted by Gasteiger charge is 2.20. The number of fused-ring (bicyclic) bond motifs is 1. The number of aromatic nitrogens is 4. The van der Waals surface area contributed by atoms with Crippen LogP contribution in [0, 0.1) is 17.1 Å². The van der Waals surface area contributed by atoms with Crippen LogP contribution in [0.4, 0.5) is 10.2 Å². The summed E-state index contributed by atoms with van der Waals surface area (Å²) in [6.07, 6.45) is 3.65. The summed E-state index contributed by atoms with van der Waals surface area (Å²) in [5.74, 6) is 0.295. The minimum absolute atomic E-state index is 0.0237. The minimum atomic E-state index is -0.539. The maximum Gasteiger partial charge on any atom is 0.141 e. The normalized spacial score (nSPS) is 14.6. The van der Waals surface area contributed by atoms with Gasteiger partial charge < -0.3 is 10.6 Å². The molecule has 0 aliphatic carbocycles. The molecule has 2 N–H and O–H groups in total. The molecule has 4 aromatic rings. The van der Waals surface area contributed by atoms with Crippen molar-refractivity contribution in [2.24, 2.45) is 12.8 Å². The third kappa shape index (κ3) is 3.57. The molecule has 0 bridgehead atoms. The van der Waals surface area contributed by atoms with Gasteiger partial charge in [-0.1, -0.05) is 17.3 Å². The molecule has 3 heterocycles. The van der Waals surface area contributed by atoms with Gasteiger partial charge >= 0.3 is 0 Å². The molecule has 0 spiro atoms. The van der Waals surface area contributed by atoms with E-state index in [0.717, 1.165) is 59.5 Å². The molecule has 1 aliphatic rings. The zero-order valence-corrected chi connectivity index (χ0v) is 17.7. The minimum Gasteiger partial charge on any atom is -0.356 e. The standard InChI is InChI=1S/C24H22FN7/c1-31-23-5-4-16(11-22(23)29-30-31)20-14-28-24(32-8-6-18(27)7-9-32)12-19(20)15-2-3-17(13-26)21(25)10-15/h2-5,10-12,14,18H,6-9,27H2,1H3. The zero-order valence-electron chi connectivity index (χ0n) is 17.7. The Morgan fingerprint density at radius 3 is 2.56 bits per heavy atom. The van der Waals surface area contributed by atoms with Crippen molar-refractivity contribution in [1.82, 2.24) is 20.0 Å². The van der Waals surface area contributed by atoms with Crippen LogP contribution in [0.5, 0.6) is 0 Å². The largest absolute Gasteiger partial charge is 0.356 e. The molecule has 0 radical (unpaired) electrons. The number of nitrogens with two attached hydrogens (primary N) is 1. The third-order valence-electron chi connectivity index (χ3n) is 6.08. The lowest BCUT2D eigenvalue weighted by Gasteiger charge is -2.31. The number of benzene rings is 2. The van der Waals surface area contributed by atoms with E-state index in [0.29, 0.717) is 5.56 Å². The van der Waals surface area contributed by atoms with Crippen LogP contribution in [-0.2, 0) is 7.05 Å². The van der Waals surface area contributed by atoms with Crippen LogP contribution in [0.2, 0.25) is 0 Å². The molecule has 1 aliphatic heterocycles. The lowest BCUT2D eigenvalue weighted by Crippen LogP contribution is -2.40. The Labute approximate surface area is 184 Å². The number of nitriles is 1. The van der Waals surface area contributed by atoms with E-state index in [9.17, 15) is 4.39 Å². The van der Waals surface area contributed by atoms with Crippen LogP contribution >= 0.6 is 0 Å². The van der Waals surface area contributed by atoms with Gasteiger partial charge in [-0.05, 0) is 59.9 Å². The summed E-state index contributed by atoms with van der Waals surface area (Å²) >= 11 is 0. The van der Waals surface area contributed by atoms with Gasteiger partial charge in [0.2, 0.25) is 0 Å². The van der Waals surface area contributed by atoms with Gasteiger partial charge in [0.25, 0.3) is 0 Å². The molecule has 5 rings (SSSR count). The maximum atomic E-state index is 14.5. The molecule has 1 fully saturated rings. The fourth-order valence-electron chi connectivity index (χ4n) is 4.20. The SMILES string of the molecule is Cn1nnc2cc(-c3cnc(N4CCC(N)CC4)cc3-c3ccc(C#N)c(F)c3)ccc21. The molecule has 8 heteroatoms. The summed E-state index contributed by atoms with van der Waals surface area (Å²) in [5, 5.41) is 17.4. The van der Waals surface area contributed by atoms with E-state index in [1.165, 1.54) is 12.1 Å². The van der Waals surface area contributed by atoms with Gasteiger partial charge in [-0.2, -0.15) is 5.26 Å². The number of halogens is 1. The number of anilines is 1. The van der Waals surface area contributed by atoms with Crippen LogP contribution in [0.15, 0.2) is 48.7 Å². The van der Waals surface area contributed by atoms with Gasteiger partial charge in [0.15, 0.2) is 0 Å². The number of rotatable bonds is 3. The number of aryl methyl sites for hydroxylation is 1. The smallest absolute Gasteiger partial charge is 0.141 e. The zero-order chi connectivity index (χ0) is 22.2. The highest BCUT2D eigenvalue weighted by atomic mass is 19.1. The Balaban J connectivity index is 1.65. The molecule has 0 amide bonds. The predicted molar refractivity (Wildman–Crippen MR) is 121 cm³/mol. The lowest BCUT2D eigenvalue weighted by molar-refractivity contribution is 0.499. The van der Waals surface area contributed by atoms with E-state index in [4.69, 9.17) is 16.0 Å². The summed E-state index contributed by atoms with van der Waals surface area (Å²) in [4.78, 5) is 6.94. The molecule has 7 nitrogen and oxygen atoms in total. The van der Waals surface area contributed by atoms with E-state index in [2.05, 4.69) is 15.2 Å². The van der Waals surface area contributed by atoms with Crippen molar-refractivity contribution in [3.05, 3.63) is 60.0 Å². The molecule has 160 valence electrons. The fourth-order valence-corrected chi connectivity index (χ4v) is 4.20. The Morgan fingerprint density at radius 1 is 1.06 bits per heavy atom. The van der Waals surface area contributed by atoms with Gasteiger partial charge in [-0.15, -0.1) is 5.10 Å². The van der Waals surface area contributed by atoms with Crippen molar-refractivity contribution in [2.75, 3.05) is 18.0 Å². The first-order valence-corrected chi connectivity index (χ1v) is 10.5. The van der Waals surface area contributed by atoms with Crippen LogP contribution in [0.3, 0.4) is 0 Å². The predicted octanol–water partition coefficient (Wildman–Crippen LogP) is 3.64. The summed E-state index contributed by atoms with van der Waals surface area (Å²) in [7, 11) is 1.85. The van der Waals surface area contributed by atoms with Crippen molar-refractivity contribution in [3.63, 3.8) is 0 Å². The number of hydrogen-bond donors (Lipinski definition) is 1. The number of hydrogen-bond acceptors (Lipinski definition) is 6. The van der Waals surface area contributed by atoms with Gasteiger partial charge in [-0.25, -0.2) is 14.1 Å². The average Bonchev–Trinajstić information content (AvgIpc) is 3.19. The lowest BCUT2D eigenvalue weighted by atomic mass is 9.95. The van der Waals surface area contributed by atoms with Gasteiger partial charge in [-0.3, -0.25) is 0 Å². The fraction of sp³-hybridized carbons (Fsp3) is 0.250. The molecular weight excluding hydrogens is 405 g/mol. The van der Waals surface area contributed by atoms with Crippen molar-refractivity contribution in [3.8, 4) is 28.3 Å². The number of pyridine rings is 1. The van der Waals surface area contributed by atoms with E-state index in [1.54, 1.807) is 10.7 Å². The average molecular weight is 427 g/mol. The van der Waals surface area contributed by atoms with Gasteiger partial charge in [0.1, 0.15) is 23.2 Å². The molecular formula is C24H22FN7. The number of piperidine rings is 1. The monoisotopic (exact) mass is 427 g/mol. The molecule has 0 saturated carbocycles. The second-order valence-corrected chi connectivity index (χ2v) is 8.14. The molecule has 0 atom stereocenters. The Morgan fingerprint density at radius 2 is 1.81 bits per heavy atom. The molecule has 2 aromatic heterocycles. The van der Waals surface area contributed by atoms with Gasteiger partial charge in [0, 0.05) is 37.9 Å². The molecule has 0 unspecified atom stereocenters.